The van der Waals surface area contributed by atoms with Crippen LogP contribution in [0.3, 0.4) is 0 Å². The first-order chi connectivity index (χ1) is 16.0. The Morgan fingerprint density at radius 3 is 2.58 bits per heavy atom. The van der Waals surface area contributed by atoms with Gasteiger partial charge in [0.25, 0.3) is 0 Å². The van der Waals surface area contributed by atoms with Crippen LogP contribution in [-0.4, -0.2) is 26.4 Å². The zero-order chi connectivity index (χ0) is 22.9. The molecule has 33 heavy (non-hydrogen) atoms. The second-order valence-electron chi connectivity index (χ2n) is 7.94. The van der Waals surface area contributed by atoms with Crippen LogP contribution in [0.1, 0.15) is 44.1 Å². The average Bonchev–Trinajstić information content (AvgIpc) is 3.19. The third-order valence-electron chi connectivity index (χ3n) is 5.72. The van der Waals surface area contributed by atoms with E-state index in [1.54, 1.807) is 24.7 Å². The van der Waals surface area contributed by atoms with Gasteiger partial charge in [-0.25, -0.2) is 9.67 Å². The van der Waals surface area contributed by atoms with Crippen LogP contribution in [0.2, 0.25) is 15.2 Å². The van der Waals surface area contributed by atoms with Crippen molar-refractivity contribution in [3.63, 3.8) is 0 Å². The number of pyridine rings is 2. The maximum absolute atomic E-state index is 6.32. The van der Waals surface area contributed by atoms with Gasteiger partial charge >= 0.3 is 0 Å². The molecule has 2 atom stereocenters. The van der Waals surface area contributed by atoms with Crippen LogP contribution in [0.25, 0.3) is 22.2 Å². The summed E-state index contributed by atoms with van der Waals surface area (Å²) >= 11 is 18.7. The van der Waals surface area contributed by atoms with Crippen molar-refractivity contribution in [2.75, 3.05) is 6.61 Å². The SMILES string of the molecule is C[C@H](Oc1ccc2c(c1)c(-c1ccc(Cl)nc1)nn2C1CCCCO1)c1c(Cl)cncc1Cl. The molecule has 1 unspecified atom stereocenters. The number of aromatic nitrogens is 4. The second kappa shape index (κ2) is 9.47. The normalized spacial score (nSPS) is 17.3. The van der Waals surface area contributed by atoms with Crippen molar-refractivity contribution in [3.8, 4) is 17.0 Å². The minimum Gasteiger partial charge on any atom is -0.486 e. The van der Waals surface area contributed by atoms with Crippen LogP contribution in [0.4, 0.5) is 0 Å². The molecule has 0 aliphatic carbocycles. The fraction of sp³-hybridized carbons (Fsp3) is 0.292. The highest BCUT2D eigenvalue weighted by Crippen LogP contribution is 2.37. The first kappa shape index (κ1) is 22.4. The minimum atomic E-state index is -0.372. The Morgan fingerprint density at radius 2 is 1.88 bits per heavy atom. The van der Waals surface area contributed by atoms with E-state index >= 15 is 0 Å². The molecule has 1 aromatic carbocycles. The van der Waals surface area contributed by atoms with Gasteiger partial charge in [0.2, 0.25) is 0 Å². The Kier molecular flexibility index (Phi) is 6.43. The third kappa shape index (κ3) is 4.53. The number of nitrogens with zero attached hydrogens (tertiary/aromatic N) is 4. The summed E-state index contributed by atoms with van der Waals surface area (Å²) in [5.41, 5.74) is 3.32. The lowest BCUT2D eigenvalue weighted by molar-refractivity contribution is -0.0365. The van der Waals surface area contributed by atoms with Crippen molar-refractivity contribution in [2.45, 2.75) is 38.5 Å². The summed E-state index contributed by atoms with van der Waals surface area (Å²) in [6.45, 7) is 2.64. The lowest BCUT2D eigenvalue weighted by Crippen LogP contribution is -2.19. The van der Waals surface area contributed by atoms with E-state index in [0.717, 1.165) is 48.0 Å². The predicted octanol–water partition coefficient (Wildman–Crippen LogP) is 7.29. The van der Waals surface area contributed by atoms with Gasteiger partial charge in [-0.2, -0.15) is 5.10 Å². The van der Waals surface area contributed by atoms with Crippen molar-refractivity contribution < 1.29 is 9.47 Å². The summed E-state index contributed by atoms with van der Waals surface area (Å²) < 4.78 is 14.2. The lowest BCUT2D eigenvalue weighted by atomic mass is 10.1. The van der Waals surface area contributed by atoms with Gasteiger partial charge in [-0.3, -0.25) is 4.98 Å². The first-order valence-corrected chi connectivity index (χ1v) is 11.9. The Labute approximate surface area is 206 Å². The largest absolute Gasteiger partial charge is 0.486 e. The van der Waals surface area contributed by atoms with Crippen LogP contribution in [0.5, 0.6) is 5.75 Å². The van der Waals surface area contributed by atoms with E-state index in [0.29, 0.717) is 26.5 Å². The summed E-state index contributed by atoms with van der Waals surface area (Å²) in [6.07, 6.45) is 7.47. The van der Waals surface area contributed by atoms with E-state index in [-0.39, 0.29) is 12.3 Å². The van der Waals surface area contributed by atoms with Gasteiger partial charge in [0.15, 0.2) is 6.23 Å². The van der Waals surface area contributed by atoms with E-state index in [9.17, 15) is 0 Å². The number of benzene rings is 1. The third-order valence-corrected chi connectivity index (χ3v) is 6.54. The topological polar surface area (TPSA) is 62.1 Å². The van der Waals surface area contributed by atoms with Crippen LogP contribution in [-0.2, 0) is 4.74 Å². The summed E-state index contributed by atoms with van der Waals surface area (Å²) in [4.78, 5) is 8.25. The van der Waals surface area contributed by atoms with E-state index in [1.807, 2.05) is 35.9 Å². The molecule has 0 amide bonds. The number of hydrogen-bond acceptors (Lipinski definition) is 5. The monoisotopic (exact) mass is 502 g/mol. The summed E-state index contributed by atoms with van der Waals surface area (Å²) in [5.74, 6) is 0.672. The highest BCUT2D eigenvalue weighted by molar-refractivity contribution is 6.35. The number of ether oxygens (including phenoxy) is 2. The highest BCUT2D eigenvalue weighted by Gasteiger charge is 2.23. The number of halogens is 3. The molecule has 1 aliphatic rings. The molecule has 1 aliphatic heterocycles. The van der Waals surface area contributed by atoms with Crippen molar-refractivity contribution in [3.05, 3.63) is 69.7 Å². The molecule has 170 valence electrons. The first-order valence-electron chi connectivity index (χ1n) is 10.7. The van der Waals surface area contributed by atoms with Gasteiger partial charge in [0, 0.05) is 41.7 Å². The molecule has 0 radical (unpaired) electrons. The molecular formula is C24H21Cl3N4O2. The molecule has 9 heteroatoms. The Bertz CT molecular complexity index is 1270. The Hall–Kier alpha value is -2.38. The number of fused-ring (bicyclic) bond motifs is 1. The molecule has 4 heterocycles. The van der Waals surface area contributed by atoms with Crippen molar-refractivity contribution >= 4 is 45.7 Å². The minimum absolute atomic E-state index is 0.101. The van der Waals surface area contributed by atoms with E-state index in [2.05, 4.69) is 9.97 Å². The van der Waals surface area contributed by atoms with Gasteiger partial charge in [-0.15, -0.1) is 0 Å². The van der Waals surface area contributed by atoms with Crippen molar-refractivity contribution in [1.82, 2.24) is 19.7 Å². The van der Waals surface area contributed by atoms with Crippen molar-refractivity contribution in [1.29, 1.82) is 0 Å². The second-order valence-corrected chi connectivity index (χ2v) is 9.14. The highest BCUT2D eigenvalue weighted by atomic mass is 35.5. The van der Waals surface area contributed by atoms with Crippen LogP contribution in [0.15, 0.2) is 48.9 Å². The molecule has 1 saturated heterocycles. The predicted molar refractivity (Wildman–Crippen MR) is 130 cm³/mol. The van der Waals surface area contributed by atoms with E-state index in [4.69, 9.17) is 49.4 Å². The summed E-state index contributed by atoms with van der Waals surface area (Å²) in [7, 11) is 0. The molecule has 3 aromatic heterocycles. The average molecular weight is 504 g/mol. The Morgan fingerprint density at radius 1 is 1.06 bits per heavy atom. The molecule has 0 saturated carbocycles. The fourth-order valence-electron chi connectivity index (χ4n) is 4.13. The van der Waals surface area contributed by atoms with Gasteiger partial charge in [0.05, 0.1) is 15.6 Å². The maximum atomic E-state index is 6.32. The van der Waals surface area contributed by atoms with Crippen LogP contribution < -0.4 is 4.74 Å². The zero-order valence-corrected chi connectivity index (χ0v) is 20.1. The molecule has 0 spiro atoms. The lowest BCUT2D eigenvalue weighted by Gasteiger charge is -2.23. The van der Waals surface area contributed by atoms with E-state index in [1.165, 1.54) is 0 Å². The molecular weight excluding hydrogens is 483 g/mol. The maximum Gasteiger partial charge on any atom is 0.150 e. The van der Waals surface area contributed by atoms with Gasteiger partial charge < -0.3 is 9.47 Å². The molecule has 6 nitrogen and oxygen atoms in total. The molecule has 5 rings (SSSR count). The van der Waals surface area contributed by atoms with E-state index < -0.39 is 0 Å². The molecule has 4 aromatic rings. The fourth-order valence-corrected chi connectivity index (χ4v) is 4.92. The molecule has 0 bridgehead atoms. The quantitative estimate of drug-likeness (QED) is 0.268. The Balaban J connectivity index is 1.57. The van der Waals surface area contributed by atoms with Gasteiger partial charge in [-0.1, -0.05) is 34.8 Å². The zero-order valence-electron chi connectivity index (χ0n) is 17.8. The summed E-state index contributed by atoms with van der Waals surface area (Å²) in [6, 6.07) is 9.58. The smallest absolute Gasteiger partial charge is 0.150 e. The number of rotatable bonds is 5. The van der Waals surface area contributed by atoms with Crippen molar-refractivity contribution in [2.24, 2.45) is 0 Å². The standard InChI is InChI=1S/C24H21Cl3N4O2/c1-14(23-18(25)12-28-13-19(23)26)33-16-6-7-20-17(10-16)24(15-5-8-21(27)29-11-15)30-31(20)22-4-2-3-9-32-22/h5-8,10-14,22H,2-4,9H2,1H3/t14-,22?/m0/s1. The molecule has 1 fully saturated rings. The number of hydrogen-bond donors (Lipinski definition) is 0. The van der Waals surface area contributed by atoms with Gasteiger partial charge in [-0.05, 0) is 56.5 Å². The summed E-state index contributed by atoms with van der Waals surface area (Å²) in [5, 5.41) is 7.22. The van der Waals surface area contributed by atoms with Crippen LogP contribution >= 0.6 is 34.8 Å². The van der Waals surface area contributed by atoms with Crippen LogP contribution in [0, 0.1) is 0 Å². The van der Waals surface area contributed by atoms with Gasteiger partial charge in [0.1, 0.15) is 22.7 Å². The molecule has 0 N–H and O–H groups in total.